The Morgan fingerprint density at radius 3 is 3.15 bits per heavy atom. The fraction of sp³-hybridized carbons (Fsp3) is 0.444. The Morgan fingerprint density at radius 1 is 1.69 bits per heavy atom. The van der Waals surface area contributed by atoms with Crippen molar-refractivity contribution in [3.05, 3.63) is 23.1 Å². The molecule has 1 aliphatic rings. The average molecular weight is 183 g/mol. The third-order valence-corrected chi connectivity index (χ3v) is 2.05. The van der Waals surface area contributed by atoms with E-state index in [1.807, 2.05) is 0 Å². The standard InChI is InChI=1S/C9H10FNO2/c1-5(12)8-7(10)4-6-2-3-13-9(6)11-8/h4-5,12H,2-3H2,1H3. The number of hydrogen-bond acceptors (Lipinski definition) is 3. The quantitative estimate of drug-likeness (QED) is 0.711. The lowest BCUT2D eigenvalue weighted by Gasteiger charge is -2.06. The largest absolute Gasteiger partial charge is 0.477 e. The molecule has 1 aliphatic heterocycles. The molecule has 1 aromatic heterocycles. The zero-order valence-electron chi connectivity index (χ0n) is 7.25. The van der Waals surface area contributed by atoms with Crippen LogP contribution in [0.4, 0.5) is 4.39 Å². The predicted molar refractivity (Wildman–Crippen MR) is 44.0 cm³/mol. The maximum atomic E-state index is 13.2. The van der Waals surface area contributed by atoms with Crippen LogP contribution >= 0.6 is 0 Å². The van der Waals surface area contributed by atoms with E-state index < -0.39 is 11.9 Å². The molecular weight excluding hydrogens is 173 g/mol. The molecule has 0 bridgehead atoms. The van der Waals surface area contributed by atoms with Gasteiger partial charge in [-0.05, 0) is 13.0 Å². The lowest BCUT2D eigenvalue weighted by molar-refractivity contribution is 0.187. The summed E-state index contributed by atoms with van der Waals surface area (Å²) in [7, 11) is 0. The highest BCUT2D eigenvalue weighted by molar-refractivity contribution is 5.32. The number of nitrogens with zero attached hydrogens (tertiary/aromatic N) is 1. The summed E-state index contributed by atoms with van der Waals surface area (Å²) in [5, 5.41) is 9.18. The molecule has 13 heavy (non-hydrogen) atoms. The van der Waals surface area contributed by atoms with Crippen LogP contribution in [0.1, 0.15) is 24.3 Å². The molecule has 0 aliphatic carbocycles. The molecule has 2 heterocycles. The minimum absolute atomic E-state index is 0.0562. The highest BCUT2D eigenvalue weighted by Gasteiger charge is 2.19. The second kappa shape index (κ2) is 2.96. The molecule has 0 aromatic carbocycles. The molecule has 2 rings (SSSR count). The molecule has 0 fully saturated rings. The number of aliphatic hydroxyl groups is 1. The summed E-state index contributed by atoms with van der Waals surface area (Å²) in [6, 6.07) is 1.39. The maximum absolute atomic E-state index is 13.2. The van der Waals surface area contributed by atoms with E-state index in [9.17, 15) is 9.50 Å². The fourth-order valence-electron chi connectivity index (χ4n) is 1.38. The van der Waals surface area contributed by atoms with E-state index in [1.54, 1.807) is 0 Å². The minimum Gasteiger partial charge on any atom is -0.477 e. The molecule has 1 atom stereocenters. The Labute approximate surface area is 75.2 Å². The zero-order chi connectivity index (χ0) is 9.42. The first kappa shape index (κ1) is 8.44. The summed E-state index contributed by atoms with van der Waals surface area (Å²) in [6.45, 7) is 2.03. The van der Waals surface area contributed by atoms with E-state index >= 15 is 0 Å². The first-order valence-corrected chi connectivity index (χ1v) is 4.18. The Morgan fingerprint density at radius 2 is 2.46 bits per heavy atom. The summed E-state index contributed by atoms with van der Waals surface area (Å²) >= 11 is 0. The van der Waals surface area contributed by atoms with Gasteiger partial charge in [0.25, 0.3) is 0 Å². The predicted octanol–water partition coefficient (Wildman–Crippen LogP) is 1.21. The Hall–Kier alpha value is -1.16. The molecule has 0 saturated carbocycles. The van der Waals surface area contributed by atoms with Gasteiger partial charge >= 0.3 is 0 Å². The third-order valence-electron chi connectivity index (χ3n) is 2.05. The Balaban J connectivity index is 2.49. The number of aromatic nitrogens is 1. The van der Waals surface area contributed by atoms with Crippen molar-refractivity contribution in [3.8, 4) is 5.88 Å². The molecule has 0 amide bonds. The van der Waals surface area contributed by atoms with Gasteiger partial charge in [0, 0.05) is 12.0 Å². The first-order valence-electron chi connectivity index (χ1n) is 4.18. The number of fused-ring (bicyclic) bond motifs is 1. The van der Waals surface area contributed by atoms with Gasteiger partial charge < -0.3 is 9.84 Å². The number of rotatable bonds is 1. The van der Waals surface area contributed by atoms with E-state index in [-0.39, 0.29) is 5.69 Å². The van der Waals surface area contributed by atoms with Crippen LogP contribution in [-0.2, 0) is 6.42 Å². The molecule has 0 radical (unpaired) electrons. The summed E-state index contributed by atoms with van der Waals surface area (Å²) in [5.74, 6) is -0.00319. The van der Waals surface area contributed by atoms with Crippen LogP contribution in [0.2, 0.25) is 0 Å². The number of hydrogen-bond donors (Lipinski definition) is 1. The van der Waals surface area contributed by atoms with Crippen LogP contribution in [0.25, 0.3) is 0 Å². The van der Waals surface area contributed by atoms with Gasteiger partial charge in [0.15, 0.2) is 0 Å². The number of halogens is 1. The van der Waals surface area contributed by atoms with Gasteiger partial charge in [-0.25, -0.2) is 9.37 Å². The van der Waals surface area contributed by atoms with Crippen LogP contribution in [0, 0.1) is 5.82 Å². The SMILES string of the molecule is CC(O)c1nc2c(cc1F)CCO2. The van der Waals surface area contributed by atoms with E-state index in [4.69, 9.17) is 4.74 Å². The second-order valence-corrected chi connectivity index (χ2v) is 3.09. The lowest BCUT2D eigenvalue weighted by atomic mass is 10.1. The number of aliphatic hydroxyl groups excluding tert-OH is 1. The third kappa shape index (κ3) is 1.37. The van der Waals surface area contributed by atoms with Crippen LogP contribution in [0.3, 0.4) is 0 Å². The summed E-state index contributed by atoms with van der Waals surface area (Å²) in [5.41, 5.74) is 0.836. The van der Waals surface area contributed by atoms with Gasteiger partial charge in [-0.3, -0.25) is 0 Å². The lowest BCUT2D eigenvalue weighted by Crippen LogP contribution is -2.01. The smallest absolute Gasteiger partial charge is 0.217 e. The molecule has 1 unspecified atom stereocenters. The minimum atomic E-state index is -0.894. The highest BCUT2D eigenvalue weighted by atomic mass is 19.1. The van der Waals surface area contributed by atoms with E-state index in [2.05, 4.69) is 4.98 Å². The van der Waals surface area contributed by atoms with Crippen molar-refractivity contribution in [2.24, 2.45) is 0 Å². The molecular formula is C9H10FNO2. The molecule has 70 valence electrons. The Kier molecular flexibility index (Phi) is 1.92. The van der Waals surface area contributed by atoms with Crippen molar-refractivity contribution < 1.29 is 14.2 Å². The van der Waals surface area contributed by atoms with E-state index in [1.165, 1.54) is 13.0 Å². The van der Waals surface area contributed by atoms with Gasteiger partial charge in [-0.15, -0.1) is 0 Å². The van der Waals surface area contributed by atoms with Gasteiger partial charge in [0.05, 0.1) is 12.7 Å². The van der Waals surface area contributed by atoms with Crippen molar-refractivity contribution in [1.29, 1.82) is 0 Å². The molecule has 1 aromatic rings. The van der Waals surface area contributed by atoms with Crippen molar-refractivity contribution in [2.75, 3.05) is 6.61 Å². The number of ether oxygens (including phenoxy) is 1. The van der Waals surface area contributed by atoms with E-state index in [0.717, 1.165) is 5.56 Å². The van der Waals surface area contributed by atoms with Crippen molar-refractivity contribution in [2.45, 2.75) is 19.4 Å². The summed E-state index contributed by atoms with van der Waals surface area (Å²) in [4.78, 5) is 3.91. The molecule has 3 nitrogen and oxygen atoms in total. The van der Waals surface area contributed by atoms with Gasteiger partial charge in [0.1, 0.15) is 11.5 Å². The zero-order valence-corrected chi connectivity index (χ0v) is 7.25. The van der Waals surface area contributed by atoms with Crippen LogP contribution < -0.4 is 4.74 Å². The number of pyridine rings is 1. The normalized spacial score (nSPS) is 16.5. The Bertz CT molecular complexity index is 339. The van der Waals surface area contributed by atoms with Crippen LogP contribution in [0.5, 0.6) is 5.88 Å². The van der Waals surface area contributed by atoms with Crippen molar-refractivity contribution in [3.63, 3.8) is 0 Å². The van der Waals surface area contributed by atoms with Gasteiger partial charge in [-0.2, -0.15) is 0 Å². The second-order valence-electron chi connectivity index (χ2n) is 3.09. The summed E-state index contributed by atoms with van der Waals surface area (Å²) < 4.78 is 18.4. The van der Waals surface area contributed by atoms with Crippen LogP contribution in [0.15, 0.2) is 6.07 Å². The summed E-state index contributed by atoms with van der Waals surface area (Å²) in [6.07, 6.45) is -0.200. The average Bonchev–Trinajstić information content (AvgIpc) is 2.48. The topological polar surface area (TPSA) is 42.4 Å². The van der Waals surface area contributed by atoms with Gasteiger partial charge in [0.2, 0.25) is 5.88 Å². The molecule has 1 N–H and O–H groups in total. The fourth-order valence-corrected chi connectivity index (χ4v) is 1.38. The maximum Gasteiger partial charge on any atom is 0.217 e. The van der Waals surface area contributed by atoms with E-state index in [0.29, 0.717) is 18.9 Å². The van der Waals surface area contributed by atoms with Crippen LogP contribution in [-0.4, -0.2) is 16.7 Å². The monoisotopic (exact) mass is 183 g/mol. The molecule has 0 saturated heterocycles. The molecule has 0 spiro atoms. The highest BCUT2D eigenvalue weighted by Crippen LogP contribution is 2.26. The van der Waals surface area contributed by atoms with Crippen molar-refractivity contribution >= 4 is 0 Å². The van der Waals surface area contributed by atoms with Crippen molar-refractivity contribution in [1.82, 2.24) is 4.98 Å². The molecule has 4 heteroatoms. The van der Waals surface area contributed by atoms with Gasteiger partial charge in [-0.1, -0.05) is 0 Å². The first-order chi connectivity index (χ1) is 6.18.